The summed E-state index contributed by atoms with van der Waals surface area (Å²) in [6.45, 7) is 1.09. The second-order valence-corrected chi connectivity index (χ2v) is 2.80. The molecule has 0 spiro atoms. The maximum atomic E-state index is 11.3. The van der Waals surface area contributed by atoms with Crippen molar-refractivity contribution >= 4 is 18.5 Å². The van der Waals surface area contributed by atoms with Gasteiger partial charge in [0.05, 0.1) is 6.54 Å². The first-order chi connectivity index (χ1) is 6.20. The molecular weight excluding hydrogens is 173 g/mol. The van der Waals surface area contributed by atoms with Crippen molar-refractivity contribution in [2.45, 2.75) is 6.54 Å². The van der Waals surface area contributed by atoms with Crippen LogP contribution in [0.2, 0.25) is 0 Å². The second-order valence-electron chi connectivity index (χ2n) is 2.80. The van der Waals surface area contributed by atoms with Gasteiger partial charge in [-0.3, -0.25) is 9.48 Å². The van der Waals surface area contributed by atoms with Crippen molar-refractivity contribution in [3.8, 4) is 0 Å². The molecule has 0 saturated heterocycles. The molecular formula is C6H8BN3O3. The minimum Gasteiger partial charge on any atom is -0.423 e. The number of nitrogens with zero attached hydrogens (tertiary/aromatic N) is 2. The summed E-state index contributed by atoms with van der Waals surface area (Å²) in [6, 6.07) is 0. The Bertz CT molecular complexity index is 349. The molecule has 0 fully saturated rings. The van der Waals surface area contributed by atoms with Crippen LogP contribution >= 0.6 is 0 Å². The molecule has 6 nitrogen and oxygen atoms in total. The van der Waals surface area contributed by atoms with Gasteiger partial charge in [0.25, 0.3) is 5.91 Å². The number of carbonyl (C=O) groups excluding carboxylic acids is 1. The van der Waals surface area contributed by atoms with E-state index >= 15 is 0 Å². The number of carbonyl (C=O) groups is 1. The van der Waals surface area contributed by atoms with Crippen molar-refractivity contribution in [2.75, 3.05) is 6.54 Å². The summed E-state index contributed by atoms with van der Waals surface area (Å²) in [5.74, 6) is -0.313. The van der Waals surface area contributed by atoms with E-state index in [2.05, 4.69) is 10.4 Å². The highest BCUT2D eigenvalue weighted by Crippen LogP contribution is 2.01. The fourth-order valence-corrected chi connectivity index (χ4v) is 1.37. The van der Waals surface area contributed by atoms with Crippen LogP contribution in [0.15, 0.2) is 6.20 Å². The van der Waals surface area contributed by atoms with Crippen molar-refractivity contribution in [1.82, 2.24) is 15.1 Å². The largest absolute Gasteiger partial charge is 0.492 e. The molecule has 68 valence electrons. The van der Waals surface area contributed by atoms with Crippen LogP contribution in [0, 0.1) is 0 Å². The van der Waals surface area contributed by atoms with Gasteiger partial charge in [-0.05, 0) is 0 Å². The summed E-state index contributed by atoms with van der Waals surface area (Å²) in [5.41, 5.74) is 0.387. The van der Waals surface area contributed by atoms with Crippen LogP contribution in [-0.2, 0) is 6.54 Å². The zero-order valence-electron chi connectivity index (χ0n) is 6.77. The van der Waals surface area contributed by atoms with Gasteiger partial charge >= 0.3 is 7.12 Å². The zero-order valence-corrected chi connectivity index (χ0v) is 6.77. The molecule has 2 heterocycles. The summed E-state index contributed by atoms with van der Waals surface area (Å²) in [6.07, 6.45) is 1.30. The number of amides is 1. The van der Waals surface area contributed by atoms with Crippen LogP contribution in [0.25, 0.3) is 0 Å². The number of hydrogen-bond acceptors (Lipinski definition) is 4. The van der Waals surface area contributed by atoms with Crippen LogP contribution < -0.4 is 10.8 Å². The molecule has 0 radical (unpaired) electrons. The van der Waals surface area contributed by atoms with Crippen molar-refractivity contribution in [1.29, 1.82) is 0 Å². The number of aromatic nitrogens is 2. The predicted molar refractivity (Wildman–Crippen MR) is 44.4 cm³/mol. The van der Waals surface area contributed by atoms with Gasteiger partial charge in [0.15, 0.2) is 0 Å². The zero-order chi connectivity index (χ0) is 9.42. The van der Waals surface area contributed by atoms with E-state index in [0.717, 1.165) is 0 Å². The first-order valence-electron chi connectivity index (χ1n) is 3.90. The van der Waals surface area contributed by atoms with Crippen LogP contribution in [0.1, 0.15) is 10.5 Å². The molecule has 0 aliphatic carbocycles. The van der Waals surface area contributed by atoms with Crippen molar-refractivity contribution in [3.05, 3.63) is 11.9 Å². The maximum absolute atomic E-state index is 11.3. The highest BCUT2D eigenvalue weighted by molar-refractivity contribution is 6.60. The van der Waals surface area contributed by atoms with Gasteiger partial charge < -0.3 is 15.4 Å². The maximum Gasteiger partial charge on any atom is 0.492 e. The monoisotopic (exact) mass is 181 g/mol. The summed E-state index contributed by atoms with van der Waals surface area (Å²) in [4.78, 5) is 11.3. The van der Waals surface area contributed by atoms with E-state index in [-0.39, 0.29) is 17.1 Å². The molecule has 2 rings (SSSR count). The Kier molecular flexibility index (Phi) is 1.82. The molecule has 1 aliphatic rings. The molecule has 1 aromatic heterocycles. The second kappa shape index (κ2) is 2.86. The third-order valence-electron chi connectivity index (χ3n) is 1.97. The summed E-state index contributed by atoms with van der Waals surface area (Å²) >= 11 is 0. The van der Waals surface area contributed by atoms with Crippen LogP contribution in [0.5, 0.6) is 0 Å². The molecule has 1 amide bonds. The van der Waals surface area contributed by atoms with Gasteiger partial charge in [-0.25, -0.2) is 0 Å². The quantitative estimate of drug-likeness (QED) is 0.411. The Balaban J connectivity index is 2.50. The van der Waals surface area contributed by atoms with Gasteiger partial charge in [-0.2, -0.15) is 5.10 Å². The standard InChI is InChI=1S/C6H8BN3O3/c11-6-5-4(7(12)13)3-9-10(5)2-1-8-6/h3,12-13H,1-2H2,(H,8,11). The number of nitrogens with one attached hydrogen (secondary N) is 1. The van der Waals surface area contributed by atoms with Gasteiger partial charge in [0.2, 0.25) is 0 Å². The predicted octanol–water partition coefficient (Wildman–Crippen LogP) is -2.69. The highest BCUT2D eigenvalue weighted by atomic mass is 16.4. The molecule has 0 atom stereocenters. The van der Waals surface area contributed by atoms with Gasteiger partial charge in [-0.15, -0.1) is 0 Å². The number of rotatable bonds is 1. The third kappa shape index (κ3) is 1.22. The van der Waals surface area contributed by atoms with E-state index in [0.29, 0.717) is 13.1 Å². The van der Waals surface area contributed by atoms with E-state index in [1.165, 1.54) is 10.9 Å². The van der Waals surface area contributed by atoms with Crippen molar-refractivity contribution in [3.63, 3.8) is 0 Å². The topological polar surface area (TPSA) is 87.4 Å². The SMILES string of the molecule is O=C1NCCn2ncc(B(O)O)c21. The smallest absolute Gasteiger partial charge is 0.423 e. The van der Waals surface area contributed by atoms with Gasteiger partial charge in [0.1, 0.15) is 5.69 Å². The molecule has 0 saturated carbocycles. The van der Waals surface area contributed by atoms with E-state index < -0.39 is 7.12 Å². The Morgan fingerprint density at radius 1 is 1.62 bits per heavy atom. The summed E-state index contributed by atoms with van der Waals surface area (Å²) in [5, 5.41) is 24.3. The van der Waals surface area contributed by atoms with Crippen LogP contribution in [-0.4, -0.2) is 39.4 Å². The van der Waals surface area contributed by atoms with E-state index in [4.69, 9.17) is 10.0 Å². The Labute approximate surface area is 74.3 Å². The minimum absolute atomic E-state index is 0.150. The normalized spacial score (nSPS) is 15.1. The number of hydrogen-bond donors (Lipinski definition) is 3. The fraction of sp³-hybridized carbons (Fsp3) is 0.333. The summed E-state index contributed by atoms with van der Waals surface area (Å²) < 4.78 is 1.47. The molecule has 7 heteroatoms. The Hall–Kier alpha value is -1.34. The van der Waals surface area contributed by atoms with Crippen molar-refractivity contribution < 1.29 is 14.8 Å². The molecule has 0 unspecified atom stereocenters. The molecule has 0 bridgehead atoms. The lowest BCUT2D eigenvalue weighted by molar-refractivity contribution is 0.0925. The van der Waals surface area contributed by atoms with Crippen LogP contribution in [0.4, 0.5) is 0 Å². The first kappa shape index (κ1) is 8.27. The first-order valence-corrected chi connectivity index (χ1v) is 3.90. The van der Waals surface area contributed by atoms with E-state index in [9.17, 15) is 4.79 Å². The van der Waals surface area contributed by atoms with Crippen LogP contribution in [0.3, 0.4) is 0 Å². The van der Waals surface area contributed by atoms with Gasteiger partial charge in [0, 0.05) is 18.2 Å². The van der Waals surface area contributed by atoms with E-state index in [1.54, 1.807) is 0 Å². The highest BCUT2D eigenvalue weighted by Gasteiger charge is 2.27. The third-order valence-corrected chi connectivity index (χ3v) is 1.97. The molecule has 1 aromatic rings. The van der Waals surface area contributed by atoms with Crippen molar-refractivity contribution in [2.24, 2.45) is 0 Å². The molecule has 3 N–H and O–H groups in total. The Morgan fingerprint density at radius 3 is 3.08 bits per heavy atom. The summed E-state index contributed by atoms with van der Waals surface area (Å²) in [7, 11) is -1.65. The lowest BCUT2D eigenvalue weighted by Gasteiger charge is -2.15. The minimum atomic E-state index is -1.65. The lowest BCUT2D eigenvalue weighted by Crippen LogP contribution is -2.42. The number of fused-ring (bicyclic) bond motifs is 1. The van der Waals surface area contributed by atoms with E-state index in [1.807, 2.05) is 0 Å². The molecule has 13 heavy (non-hydrogen) atoms. The van der Waals surface area contributed by atoms with Gasteiger partial charge in [-0.1, -0.05) is 0 Å². The average molecular weight is 181 g/mol. The lowest BCUT2D eigenvalue weighted by atomic mass is 9.80. The molecule has 1 aliphatic heterocycles. The molecule has 0 aromatic carbocycles. The average Bonchev–Trinajstić information content (AvgIpc) is 2.49. The Morgan fingerprint density at radius 2 is 2.38 bits per heavy atom. The fourth-order valence-electron chi connectivity index (χ4n) is 1.37.